The predicted octanol–water partition coefficient (Wildman–Crippen LogP) is 4.94. The smallest absolute Gasteiger partial charge is 0.114 e. The van der Waals surface area contributed by atoms with E-state index in [0.717, 1.165) is 0 Å². The van der Waals surface area contributed by atoms with Crippen molar-refractivity contribution < 1.29 is 4.74 Å². The Morgan fingerprint density at radius 3 is 2.40 bits per heavy atom. The summed E-state index contributed by atoms with van der Waals surface area (Å²) in [6, 6.07) is 19.8. The summed E-state index contributed by atoms with van der Waals surface area (Å²) in [7, 11) is 0. The molecule has 5 rings (SSSR count). The van der Waals surface area contributed by atoms with Crippen LogP contribution in [0.1, 0.15) is 28.9 Å². The van der Waals surface area contributed by atoms with E-state index in [9.17, 15) is 0 Å². The lowest BCUT2D eigenvalue weighted by Gasteiger charge is -2.19. The lowest BCUT2D eigenvalue weighted by atomic mass is 9.82. The van der Waals surface area contributed by atoms with E-state index >= 15 is 0 Å². The van der Waals surface area contributed by atoms with Crippen molar-refractivity contribution in [3.05, 3.63) is 71.3 Å². The van der Waals surface area contributed by atoms with E-state index in [2.05, 4.69) is 61.5 Å². The summed E-state index contributed by atoms with van der Waals surface area (Å²) >= 11 is 0. The summed E-state index contributed by atoms with van der Waals surface area (Å²) in [5.41, 5.74) is 6.80. The van der Waals surface area contributed by atoms with Crippen LogP contribution in [0.5, 0.6) is 0 Å². The first-order chi connectivity index (χ1) is 9.83. The van der Waals surface area contributed by atoms with Gasteiger partial charge in [0.1, 0.15) is 12.2 Å². The largest absolute Gasteiger partial charge is 0.359 e. The Kier molecular flexibility index (Phi) is 1.86. The van der Waals surface area contributed by atoms with Crippen LogP contribution < -0.4 is 0 Å². The molecule has 1 aliphatic carbocycles. The van der Waals surface area contributed by atoms with Crippen LogP contribution >= 0.6 is 0 Å². The van der Waals surface area contributed by atoms with Crippen molar-refractivity contribution in [3.8, 4) is 11.1 Å². The van der Waals surface area contributed by atoms with Gasteiger partial charge in [-0.2, -0.15) is 0 Å². The summed E-state index contributed by atoms with van der Waals surface area (Å²) in [4.78, 5) is 0. The highest BCUT2D eigenvalue weighted by Gasteiger charge is 2.47. The molecule has 0 N–H and O–H groups in total. The minimum absolute atomic E-state index is 0.268. The van der Waals surface area contributed by atoms with Crippen molar-refractivity contribution in [2.45, 2.75) is 19.1 Å². The molecule has 1 heteroatoms. The third kappa shape index (κ3) is 1.26. The molecule has 2 aliphatic rings. The van der Waals surface area contributed by atoms with E-state index in [1.165, 1.54) is 38.6 Å². The number of hydrogen-bond acceptors (Lipinski definition) is 1. The lowest BCUT2D eigenvalue weighted by Crippen LogP contribution is -2.01. The van der Waals surface area contributed by atoms with Crippen molar-refractivity contribution in [2.75, 3.05) is 0 Å². The van der Waals surface area contributed by atoms with Crippen molar-refractivity contribution in [3.63, 3.8) is 0 Å². The minimum Gasteiger partial charge on any atom is -0.359 e. The Morgan fingerprint density at radius 1 is 0.800 bits per heavy atom. The number of fused-ring (bicyclic) bond motifs is 7. The van der Waals surface area contributed by atoms with Crippen LogP contribution in [0.2, 0.25) is 0 Å². The molecule has 0 spiro atoms. The molecule has 1 heterocycles. The van der Waals surface area contributed by atoms with Gasteiger partial charge in [-0.3, -0.25) is 0 Å². The van der Waals surface area contributed by atoms with Gasteiger partial charge in [0.2, 0.25) is 0 Å². The molecule has 1 aliphatic heterocycles. The van der Waals surface area contributed by atoms with Crippen LogP contribution in [0.4, 0.5) is 0 Å². The van der Waals surface area contributed by atoms with Gasteiger partial charge in [-0.1, -0.05) is 42.5 Å². The Bertz CT molecular complexity index is 863. The normalized spacial score (nSPS) is 22.1. The SMILES string of the molecule is Cc1cccc2c1-c1cc3ccccc3cc1[C@H]1O[C@@H]21. The molecule has 96 valence electrons. The molecule has 0 amide bonds. The van der Waals surface area contributed by atoms with Crippen LogP contribution in [0.25, 0.3) is 21.9 Å². The zero-order chi connectivity index (χ0) is 13.3. The fourth-order valence-electron chi connectivity index (χ4n) is 3.59. The quantitative estimate of drug-likeness (QED) is 0.520. The number of rotatable bonds is 0. The van der Waals surface area contributed by atoms with Crippen LogP contribution in [0.3, 0.4) is 0 Å². The minimum atomic E-state index is 0.268. The third-order valence-corrected chi connectivity index (χ3v) is 4.60. The second kappa shape index (κ2) is 3.50. The van der Waals surface area contributed by atoms with Crippen molar-refractivity contribution in [1.82, 2.24) is 0 Å². The Hall–Kier alpha value is -2.12. The topological polar surface area (TPSA) is 12.5 Å². The summed E-state index contributed by atoms with van der Waals surface area (Å²) in [6.45, 7) is 2.19. The number of aryl methyl sites for hydroxylation is 1. The van der Waals surface area contributed by atoms with E-state index in [0.29, 0.717) is 0 Å². The van der Waals surface area contributed by atoms with Gasteiger partial charge in [0.25, 0.3) is 0 Å². The second-order valence-corrected chi connectivity index (χ2v) is 5.80. The molecule has 3 aromatic rings. The van der Waals surface area contributed by atoms with Gasteiger partial charge in [-0.15, -0.1) is 0 Å². The molecule has 0 unspecified atom stereocenters. The van der Waals surface area contributed by atoms with Gasteiger partial charge in [0.15, 0.2) is 0 Å². The van der Waals surface area contributed by atoms with Gasteiger partial charge in [0, 0.05) is 0 Å². The predicted molar refractivity (Wildman–Crippen MR) is 80.7 cm³/mol. The fraction of sp³-hybridized carbons (Fsp3) is 0.158. The fourth-order valence-corrected chi connectivity index (χ4v) is 3.59. The van der Waals surface area contributed by atoms with Crippen LogP contribution in [0, 0.1) is 6.92 Å². The van der Waals surface area contributed by atoms with Gasteiger partial charge in [-0.25, -0.2) is 0 Å². The molecular formula is C19H14O. The molecule has 0 radical (unpaired) electrons. The van der Waals surface area contributed by atoms with Crippen molar-refractivity contribution in [1.29, 1.82) is 0 Å². The first-order valence-electron chi connectivity index (χ1n) is 7.11. The first kappa shape index (κ1) is 10.6. The van der Waals surface area contributed by atoms with E-state index < -0.39 is 0 Å². The highest BCUT2D eigenvalue weighted by atomic mass is 16.6. The van der Waals surface area contributed by atoms with Gasteiger partial charge in [-0.05, 0) is 57.6 Å². The van der Waals surface area contributed by atoms with Gasteiger partial charge >= 0.3 is 0 Å². The summed E-state index contributed by atoms with van der Waals surface area (Å²) in [6.07, 6.45) is 0.544. The number of ether oxygens (including phenoxy) is 1. The van der Waals surface area contributed by atoms with Gasteiger partial charge in [0.05, 0.1) is 0 Å². The molecule has 20 heavy (non-hydrogen) atoms. The number of hydrogen-bond donors (Lipinski definition) is 0. The number of benzene rings is 3. The molecule has 0 aromatic heterocycles. The summed E-state index contributed by atoms with van der Waals surface area (Å²) < 4.78 is 5.93. The Balaban J connectivity index is 1.92. The first-order valence-corrected chi connectivity index (χ1v) is 7.11. The van der Waals surface area contributed by atoms with Crippen LogP contribution in [-0.2, 0) is 4.74 Å². The second-order valence-electron chi connectivity index (χ2n) is 5.80. The molecule has 1 nitrogen and oxygen atoms in total. The standard InChI is InChI=1S/C19H14O/c1-11-5-4-8-14-17(11)15-9-12-6-2-3-7-13(12)10-16(15)19-18(14)20-19/h2-10,18-19H,1H3/t18-,19+/m0/s1. The Labute approximate surface area is 117 Å². The highest BCUT2D eigenvalue weighted by Crippen LogP contribution is 2.60. The van der Waals surface area contributed by atoms with Crippen LogP contribution in [0.15, 0.2) is 54.6 Å². The van der Waals surface area contributed by atoms with Gasteiger partial charge < -0.3 is 4.74 Å². The monoisotopic (exact) mass is 258 g/mol. The molecule has 0 bridgehead atoms. The summed E-state index contributed by atoms with van der Waals surface area (Å²) in [5.74, 6) is 0. The van der Waals surface area contributed by atoms with E-state index in [1.807, 2.05) is 0 Å². The zero-order valence-electron chi connectivity index (χ0n) is 11.3. The molecule has 2 atom stereocenters. The molecule has 1 fully saturated rings. The van der Waals surface area contributed by atoms with Crippen molar-refractivity contribution >= 4 is 10.8 Å². The lowest BCUT2D eigenvalue weighted by molar-refractivity contribution is 0.380. The molecule has 0 saturated carbocycles. The molecular weight excluding hydrogens is 244 g/mol. The Morgan fingerprint density at radius 2 is 1.55 bits per heavy atom. The maximum absolute atomic E-state index is 5.93. The maximum atomic E-state index is 5.93. The van der Waals surface area contributed by atoms with Crippen molar-refractivity contribution in [2.24, 2.45) is 0 Å². The number of epoxide rings is 1. The van der Waals surface area contributed by atoms with E-state index in [1.54, 1.807) is 0 Å². The van der Waals surface area contributed by atoms with Crippen LogP contribution in [-0.4, -0.2) is 0 Å². The molecule has 1 saturated heterocycles. The van der Waals surface area contributed by atoms with E-state index in [-0.39, 0.29) is 12.2 Å². The highest BCUT2D eigenvalue weighted by molar-refractivity contribution is 5.92. The average Bonchev–Trinajstić information content (AvgIpc) is 3.26. The third-order valence-electron chi connectivity index (χ3n) is 4.60. The molecule has 3 aromatic carbocycles. The zero-order valence-corrected chi connectivity index (χ0v) is 11.3. The summed E-state index contributed by atoms with van der Waals surface area (Å²) in [5, 5.41) is 2.61. The van der Waals surface area contributed by atoms with E-state index in [4.69, 9.17) is 4.74 Å². The maximum Gasteiger partial charge on any atom is 0.114 e. The average molecular weight is 258 g/mol.